The van der Waals surface area contributed by atoms with Gasteiger partial charge in [0.15, 0.2) is 9.84 Å². The minimum atomic E-state index is -3.79. The predicted octanol–water partition coefficient (Wildman–Crippen LogP) is 0.615. The number of rotatable bonds is 7. The van der Waals surface area contributed by atoms with Crippen LogP contribution in [-0.4, -0.2) is 45.9 Å². The number of nitrogens with zero attached hydrogens (tertiary/aromatic N) is 1. The third-order valence-corrected chi connectivity index (χ3v) is 6.63. The molecule has 0 atom stereocenters. The number of aromatic nitrogens is 1. The SMILES string of the molecule is CCNc1ccc(S(=O)(=O)NCC(C)(C)S(C)(=O)=O)cn1. The molecule has 120 valence electrons. The molecule has 0 aliphatic carbocycles. The maximum Gasteiger partial charge on any atom is 0.242 e. The van der Waals surface area contributed by atoms with Crippen LogP contribution in [-0.2, 0) is 19.9 Å². The summed E-state index contributed by atoms with van der Waals surface area (Å²) in [5.74, 6) is 0.577. The first kappa shape index (κ1) is 17.9. The molecule has 1 aromatic rings. The average Bonchev–Trinajstić information content (AvgIpc) is 2.36. The van der Waals surface area contributed by atoms with Crippen LogP contribution in [0.2, 0.25) is 0 Å². The highest BCUT2D eigenvalue weighted by Crippen LogP contribution is 2.16. The van der Waals surface area contributed by atoms with Crippen LogP contribution in [0.4, 0.5) is 5.82 Å². The van der Waals surface area contributed by atoms with Gasteiger partial charge in [0, 0.05) is 25.5 Å². The Morgan fingerprint density at radius 3 is 2.24 bits per heavy atom. The van der Waals surface area contributed by atoms with E-state index in [4.69, 9.17) is 0 Å². The Labute approximate surface area is 126 Å². The van der Waals surface area contributed by atoms with Gasteiger partial charge < -0.3 is 5.32 Å². The van der Waals surface area contributed by atoms with Crippen LogP contribution in [0.25, 0.3) is 0 Å². The van der Waals surface area contributed by atoms with Crippen molar-refractivity contribution in [3.8, 4) is 0 Å². The summed E-state index contributed by atoms with van der Waals surface area (Å²) in [4.78, 5) is 3.97. The number of sulfone groups is 1. The summed E-state index contributed by atoms with van der Waals surface area (Å²) in [5, 5.41) is 2.96. The van der Waals surface area contributed by atoms with E-state index in [2.05, 4.69) is 15.0 Å². The second-order valence-electron chi connectivity index (χ2n) is 5.27. The Morgan fingerprint density at radius 1 is 1.19 bits per heavy atom. The second kappa shape index (κ2) is 6.29. The Bertz CT molecular complexity index is 680. The largest absolute Gasteiger partial charge is 0.370 e. The van der Waals surface area contributed by atoms with E-state index >= 15 is 0 Å². The van der Waals surface area contributed by atoms with Gasteiger partial charge in [-0.3, -0.25) is 0 Å². The minimum Gasteiger partial charge on any atom is -0.370 e. The smallest absolute Gasteiger partial charge is 0.242 e. The summed E-state index contributed by atoms with van der Waals surface area (Å²) < 4.78 is 48.5. The first-order valence-electron chi connectivity index (χ1n) is 6.39. The molecule has 21 heavy (non-hydrogen) atoms. The lowest BCUT2D eigenvalue weighted by Gasteiger charge is -2.22. The lowest BCUT2D eigenvalue weighted by atomic mass is 10.2. The van der Waals surface area contributed by atoms with Crippen LogP contribution >= 0.6 is 0 Å². The van der Waals surface area contributed by atoms with E-state index in [0.717, 1.165) is 6.26 Å². The fourth-order valence-electron chi connectivity index (χ4n) is 1.31. The molecule has 0 fully saturated rings. The third-order valence-electron chi connectivity index (χ3n) is 3.10. The number of pyridine rings is 1. The van der Waals surface area contributed by atoms with Crippen molar-refractivity contribution in [2.75, 3.05) is 24.7 Å². The zero-order valence-electron chi connectivity index (χ0n) is 12.5. The van der Waals surface area contributed by atoms with E-state index in [1.165, 1.54) is 26.1 Å². The molecule has 0 aliphatic rings. The number of anilines is 1. The quantitative estimate of drug-likeness (QED) is 0.756. The fourth-order valence-corrected chi connectivity index (χ4v) is 2.89. The summed E-state index contributed by atoms with van der Waals surface area (Å²) in [6.45, 7) is 5.32. The van der Waals surface area contributed by atoms with Crippen LogP contribution in [0, 0.1) is 0 Å². The monoisotopic (exact) mass is 335 g/mol. The molecular weight excluding hydrogens is 314 g/mol. The number of sulfonamides is 1. The summed E-state index contributed by atoms with van der Waals surface area (Å²) in [7, 11) is -7.16. The summed E-state index contributed by atoms with van der Waals surface area (Å²) in [6.07, 6.45) is 2.31. The molecule has 1 aromatic heterocycles. The van der Waals surface area contributed by atoms with Crippen molar-refractivity contribution in [1.29, 1.82) is 0 Å². The van der Waals surface area contributed by atoms with Crippen molar-refractivity contribution in [3.63, 3.8) is 0 Å². The molecule has 0 aromatic carbocycles. The third kappa shape index (κ3) is 4.65. The maximum absolute atomic E-state index is 12.1. The molecule has 0 unspecified atom stereocenters. The average molecular weight is 335 g/mol. The Kier molecular flexibility index (Phi) is 5.35. The maximum atomic E-state index is 12.1. The lowest BCUT2D eigenvalue weighted by Crippen LogP contribution is -2.43. The molecule has 2 N–H and O–H groups in total. The second-order valence-corrected chi connectivity index (χ2v) is 9.68. The van der Waals surface area contributed by atoms with Crippen molar-refractivity contribution >= 4 is 25.7 Å². The van der Waals surface area contributed by atoms with Crippen LogP contribution < -0.4 is 10.0 Å². The number of hydrogen-bond acceptors (Lipinski definition) is 6. The zero-order valence-corrected chi connectivity index (χ0v) is 14.2. The van der Waals surface area contributed by atoms with Gasteiger partial charge in [0.25, 0.3) is 0 Å². The summed E-state index contributed by atoms with van der Waals surface area (Å²) in [6, 6.07) is 2.97. The normalized spacial score (nSPS) is 13.1. The molecule has 1 heterocycles. The number of nitrogens with one attached hydrogen (secondary N) is 2. The van der Waals surface area contributed by atoms with Crippen molar-refractivity contribution in [2.45, 2.75) is 30.4 Å². The molecule has 0 spiro atoms. The molecule has 0 radical (unpaired) electrons. The van der Waals surface area contributed by atoms with Gasteiger partial charge in [-0.05, 0) is 32.9 Å². The van der Waals surface area contributed by atoms with E-state index in [-0.39, 0.29) is 11.4 Å². The lowest BCUT2D eigenvalue weighted by molar-refractivity contribution is 0.537. The van der Waals surface area contributed by atoms with Crippen molar-refractivity contribution in [3.05, 3.63) is 18.3 Å². The Hall–Kier alpha value is -1.19. The highest BCUT2D eigenvalue weighted by atomic mass is 32.2. The van der Waals surface area contributed by atoms with Gasteiger partial charge in [0.2, 0.25) is 10.0 Å². The summed E-state index contributed by atoms with van der Waals surface area (Å²) in [5.41, 5.74) is 0. The first-order valence-corrected chi connectivity index (χ1v) is 9.76. The molecule has 0 saturated heterocycles. The van der Waals surface area contributed by atoms with E-state index in [1.807, 2.05) is 6.92 Å². The van der Waals surface area contributed by atoms with E-state index in [9.17, 15) is 16.8 Å². The Morgan fingerprint density at radius 2 is 1.81 bits per heavy atom. The van der Waals surface area contributed by atoms with Crippen LogP contribution in [0.3, 0.4) is 0 Å². The minimum absolute atomic E-state index is 0.00606. The van der Waals surface area contributed by atoms with Crippen molar-refractivity contribution < 1.29 is 16.8 Å². The molecule has 7 nitrogen and oxygen atoms in total. The van der Waals surface area contributed by atoms with Crippen molar-refractivity contribution in [2.24, 2.45) is 0 Å². The molecule has 9 heteroatoms. The van der Waals surface area contributed by atoms with Gasteiger partial charge in [-0.15, -0.1) is 0 Å². The standard InChI is InChI=1S/C12H21N3O4S2/c1-5-13-11-7-6-10(8-14-11)21(18,19)15-9-12(2,3)20(4,16)17/h6-8,15H,5,9H2,1-4H3,(H,13,14). The van der Waals surface area contributed by atoms with Gasteiger partial charge in [-0.2, -0.15) is 0 Å². The van der Waals surface area contributed by atoms with Gasteiger partial charge >= 0.3 is 0 Å². The Balaban J connectivity index is 2.87. The topological polar surface area (TPSA) is 105 Å². The van der Waals surface area contributed by atoms with Gasteiger partial charge in [-0.1, -0.05) is 0 Å². The van der Waals surface area contributed by atoms with Crippen LogP contribution in [0.1, 0.15) is 20.8 Å². The van der Waals surface area contributed by atoms with Gasteiger partial charge in [0.1, 0.15) is 10.7 Å². The molecular formula is C12H21N3O4S2. The van der Waals surface area contributed by atoms with E-state index in [0.29, 0.717) is 12.4 Å². The van der Waals surface area contributed by atoms with Gasteiger partial charge in [-0.25, -0.2) is 26.5 Å². The predicted molar refractivity (Wildman–Crippen MR) is 82.5 cm³/mol. The molecule has 0 amide bonds. The van der Waals surface area contributed by atoms with E-state index < -0.39 is 24.6 Å². The highest BCUT2D eigenvalue weighted by Gasteiger charge is 2.31. The molecule has 0 bridgehead atoms. The van der Waals surface area contributed by atoms with Crippen LogP contribution in [0.5, 0.6) is 0 Å². The van der Waals surface area contributed by atoms with E-state index in [1.54, 1.807) is 6.07 Å². The highest BCUT2D eigenvalue weighted by molar-refractivity contribution is 7.92. The summed E-state index contributed by atoms with van der Waals surface area (Å²) >= 11 is 0. The number of hydrogen-bond donors (Lipinski definition) is 2. The van der Waals surface area contributed by atoms with Crippen molar-refractivity contribution in [1.82, 2.24) is 9.71 Å². The molecule has 0 aliphatic heterocycles. The first-order chi connectivity index (χ1) is 9.49. The molecule has 0 saturated carbocycles. The molecule has 1 rings (SSSR count). The van der Waals surface area contributed by atoms with Gasteiger partial charge in [0.05, 0.1) is 4.75 Å². The van der Waals surface area contributed by atoms with Crippen LogP contribution in [0.15, 0.2) is 23.2 Å². The zero-order chi connectivity index (χ0) is 16.3. The fraction of sp³-hybridized carbons (Fsp3) is 0.583.